The van der Waals surface area contributed by atoms with Crippen molar-refractivity contribution < 1.29 is 18.7 Å². The highest BCUT2D eigenvalue weighted by molar-refractivity contribution is 5.94. The van der Waals surface area contributed by atoms with Gasteiger partial charge in [0.15, 0.2) is 0 Å². The Bertz CT molecular complexity index is 972. The number of rotatable bonds is 3. The Morgan fingerprint density at radius 2 is 1.93 bits per heavy atom. The predicted molar refractivity (Wildman–Crippen MR) is 109 cm³/mol. The summed E-state index contributed by atoms with van der Waals surface area (Å²) >= 11 is 0. The number of aryl methyl sites for hydroxylation is 1. The quantitative estimate of drug-likeness (QED) is 0.837. The van der Waals surface area contributed by atoms with Crippen LogP contribution in [0.4, 0.5) is 25.4 Å². The second kappa shape index (κ2) is 7.95. The lowest BCUT2D eigenvalue weighted by Gasteiger charge is -2.27. The van der Waals surface area contributed by atoms with Crippen molar-refractivity contribution in [2.24, 2.45) is 0 Å². The Balaban J connectivity index is 1.43. The normalized spacial score (nSPS) is 16.5. The number of urea groups is 1. The lowest BCUT2D eigenvalue weighted by atomic mass is 10.00. The van der Waals surface area contributed by atoms with Gasteiger partial charge in [0.1, 0.15) is 12.4 Å². The van der Waals surface area contributed by atoms with Crippen LogP contribution in [0.25, 0.3) is 5.57 Å². The van der Waals surface area contributed by atoms with Crippen molar-refractivity contribution in [2.45, 2.75) is 13.3 Å². The number of benzene rings is 2. The molecule has 0 bridgehead atoms. The van der Waals surface area contributed by atoms with Gasteiger partial charge in [-0.25, -0.2) is 14.0 Å². The number of ether oxygens (including phenoxy) is 1. The monoisotopic (exact) mass is 395 g/mol. The molecular weight excluding hydrogens is 373 g/mol. The molecule has 0 atom stereocenters. The van der Waals surface area contributed by atoms with E-state index in [-0.39, 0.29) is 17.9 Å². The van der Waals surface area contributed by atoms with Gasteiger partial charge in [-0.15, -0.1) is 0 Å². The van der Waals surface area contributed by atoms with Crippen molar-refractivity contribution in [2.75, 3.05) is 36.5 Å². The van der Waals surface area contributed by atoms with Gasteiger partial charge < -0.3 is 15.0 Å². The molecule has 0 radical (unpaired) electrons. The van der Waals surface area contributed by atoms with Gasteiger partial charge in [-0.2, -0.15) is 0 Å². The van der Waals surface area contributed by atoms with Gasteiger partial charge in [0, 0.05) is 24.5 Å². The van der Waals surface area contributed by atoms with Crippen molar-refractivity contribution in [1.29, 1.82) is 0 Å². The summed E-state index contributed by atoms with van der Waals surface area (Å²) in [6, 6.07) is 11.7. The molecule has 1 N–H and O–H groups in total. The van der Waals surface area contributed by atoms with E-state index in [1.807, 2.05) is 25.1 Å². The van der Waals surface area contributed by atoms with E-state index in [0.717, 1.165) is 16.7 Å². The van der Waals surface area contributed by atoms with Gasteiger partial charge >= 0.3 is 12.1 Å². The standard InChI is InChI=1S/C22H22FN3O3/c1-15-2-7-19(26-12-13-29-22(26)28)14-20(15)24-21(27)25-10-8-17(9-11-25)16-3-5-18(23)6-4-16/h2-8,14H,9-13H2,1H3,(H,24,27). The minimum absolute atomic E-state index is 0.191. The topological polar surface area (TPSA) is 61.9 Å². The molecule has 0 saturated carbocycles. The fourth-order valence-electron chi connectivity index (χ4n) is 3.51. The summed E-state index contributed by atoms with van der Waals surface area (Å²) in [7, 11) is 0. The zero-order chi connectivity index (χ0) is 20.4. The van der Waals surface area contributed by atoms with Gasteiger partial charge in [-0.1, -0.05) is 24.3 Å². The van der Waals surface area contributed by atoms with Crippen LogP contribution >= 0.6 is 0 Å². The molecule has 4 rings (SSSR count). The third-order valence-electron chi connectivity index (χ3n) is 5.25. The molecule has 6 nitrogen and oxygen atoms in total. The van der Waals surface area contributed by atoms with E-state index in [0.29, 0.717) is 44.0 Å². The number of hydrogen-bond donors (Lipinski definition) is 1. The number of carbonyl (C=O) groups excluding carboxylic acids is 2. The zero-order valence-electron chi connectivity index (χ0n) is 16.2. The van der Waals surface area contributed by atoms with Crippen molar-refractivity contribution in [1.82, 2.24) is 4.90 Å². The van der Waals surface area contributed by atoms with Crippen LogP contribution in [0, 0.1) is 12.7 Å². The number of carbonyl (C=O) groups is 2. The van der Waals surface area contributed by atoms with E-state index in [9.17, 15) is 14.0 Å². The van der Waals surface area contributed by atoms with E-state index in [4.69, 9.17) is 4.74 Å². The Kier molecular flexibility index (Phi) is 5.20. The minimum atomic E-state index is -0.374. The van der Waals surface area contributed by atoms with Crippen LogP contribution in [0.2, 0.25) is 0 Å². The first-order valence-corrected chi connectivity index (χ1v) is 9.57. The number of hydrogen-bond acceptors (Lipinski definition) is 3. The molecule has 0 unspecified atom stereocenters. The van der Waals surface area contributed by atoms with Crippen LogP contribution in [0.3, 0.4) is 0 Å². The summed E-state index contributed by atoms with van der Waals surface area (Å²) in [6.07, 6.45) is 2.33. The highest BCUT2D eigenvalue weighted by Crippen LogP contribution is 2.27. The summed E-state index contributed by atoms with van der Waals surface area (Å²) in [4.78, 5) is 27.8. The maximum absolute atomic E-state index is 13.1. The van der Waals surface area contributed by atoms with Crippen LogP contribution in [0.1, 0.15) is 17.5 Å². The molecule has 2 heterocycles. The molecular formula is C22H22FN3O3. The predicted octanol–water partition coefficient (Wildman–Crippen LogP) is 4.41. The summed E-state index contributed by atoms with van der Waals surface area (Å²) in [5.41, 5.74) is 4.37. The Labute approximate surface area is 168 Å². The highest BCUT2D eigenvalue weighted by Gasteiger charge is 2.24. The van der Waals surface area contributed by atoms with Gasteiger partial charge in [-0.05, 0) is 54.3 Å². The molecule has 7 heteroatoms. The average Bonchev–Trinajstić information content (AvgIpc) is 3.16. The number of nitrogens with zero attached hydrogens (tertiary/aromatic N) is 2. The largest absolute Gasteiger partial charge is 0.447 e. The molecule has 150 valence electrons. The molecule has 0 spiro atoms. The number of cyclic esters (lactones) is 1. The average molecular weight is 395 g/mol. The number of amides is 3. The highest BCUT2D eigenvalue weighted by atomic mass is 19.1. The summed E-state index contributed by atoms with van der Waals surface area (Å²) in [6.45, 7) is 3.83. The van der Waals surface area contributed by atoms with Crippen molar-refractivity contribution in [3.05, 3.63) is 65.5 Å². The molecule has 1 fully saturated rings. The summed E-state index contributed by atoms with van der Waals surface area (Å²) in [5, 5.41) is 2.95. The van der Waals surface area contributed by atoms with Gasteiger partial charge in [0.2, 0.25) is 0 Å². The minimum Gasteiger partial charge on any atom is -0.447 e. The summed E-state index contributed by atoms with van der Waals surface area (Å²) < 4.78 is 18.1. The Hall–Kier alpha value is -3.35. The summed E-state index contributed by atoms with van der Waals surface area (Å²) in [5.74, 6) is -0.258. The van der Waals surface area contributed by atoms with Gasteiger partial charge in [-0.3, -0.25) is 4.90 Å². The first kappa shape index (κ1) is 19.0. The zero-order valence-corrected chi connectivity index (χ0v) is 16.2. The lowest BCUT2D eigenvalue weighted by molar-refractivity contribution is 0.181. The molecule has 1 saturated heterocycles. The number of nitrogens with one attached hydrogen (secondary N) is 1. The SMILES string of the molecule is Cc1ccc(N2CCOC2=O)cc1NC(=O)N1CC=C(c2ccc(F)cc2)CC1. The second-order valence-corrected chi connectivity index (χ2v) is 7.13. The van der Waals surface area contributed by atoms with Crippen LogP contribution in [-0.4, -0.2) is 43.3 Å². The maximum Gasteiger partial charge on any atom is 0.414 e. The lowest BCUT2D eigenvalue weighted by Crippen LogP contribution is -2.38. The van der Waals surface area contributed by atoms with E-state index in [1.54, 1.807) is 28.0 Å². The van der Waals surface area contributed by atoms with Crippen molar-refractivity contribution >= 4 is 29.1 Å². The fourth-order valence-corrected chi connectivity index (χ4v) is 3.51. The van der Waals surface area contributed by atoms with E-state index < -0.39 is 0 Å². The molecule has 29 heavy (non-hydrogen) atoms. The van der Waals surface area contributed by atoms with Crippen LogP contribution in [0.5, 0.6) is 0 Å². The fraction of sp³-hybridized carbons (Fsp3) is 0.273. The second-order valence-electron chi connectivity index (χ2n) is 7.13. The number of anilines is 2. The van der Waals surface area contributed by atoms with Crippen LogP contribution < -0.4 is 10.2 Å². The van der Waals surface area contributed by atoms with Gasteiger partial charge in [0.25, 0.3) is 0 Å². The van der Waals surface area contributed by atoms with E-state index in [1.165, 1.54) is 12.1 Å². The molecule has 0 aromatic heterocycles. The molecule has 2 aromatic rings. The third kappa shape index (κ3) is 4.08. The molecule has 2 aliphatic heterocycles. The number of halogens is 1. The van der Waals surface area contributed by atoms with E-state index >= 15 is 0 Å². The van der Waals surface area contributed by atoms with Crippen molar-refractivity contribution in [3.8, 4) is 0 Å². The molecule has 0 aliphatic carbocycles. The van der Waals surface area contributed by atoms with Crippen LogP contribution in [-0.2, 0) is 4.74 Å². The molecule has 2 aliphatic rings. The molecule has 2 aromatic carbocycles. The Morgan fingerprint density at radius 1 is 1.14 bits per heavy atom. The molecule has 3 amide bonds. The van der Waals surface area contributed by atoms with Gasteiger partial charge in [0.05, 0.1) is 6.54 Å². The first-order valence-electron chi connectivity index (χ1n) is 9.57. The van der Waals surface area contributed by atoms with E-state index in [2.05, 4.69) is 5.32 Å². The van der Waals surface area contributed by atoms with Crippen molar-refractivity contribution in [3.63, 3.8) is 0 Å². The third-order valence-corrected chi connectivity index (χ3v) is 5.25. The van der Waals surface area contributed by atoms with Crippen LogP contribution in [0.15, 0.2) is 48.5 Å². The Morgan fingerprint density at radius 3 is 2.59 bits per heavy atom. The first-order chi connectivity index (χ1) is 14.0. The smallest absolute Gasteiger partial charge is 0.414 e. The maximum atomic E-state index is 13.1.